The van der Waals surface area contributed by atoms with Crippen LogP contribution in [0.2, 0.25) is 0 Å². The second kappa shape index (κ2) is 8.93. The summed E-state index contributed by atoms with van der Waals surface area (Å²) in [6, 6.07) is 12.5. The molecule has 0 heterocycles. The second-order valence-corrected chi connectivity index (χ2v) is 8.13. The first-order chi connectivity index (χ1) is 15.3. The molecule has 0 saturated carbocycles. The molecule has 0 aliphatic heterocycles. The number of benzene rings is 3. The molecule has 1 aliphatic rings. The van der Waals surface area contributed by atoms with Gasteiger partial charge in [0, 0.05) is 17.5 Å². The average Bonchev–Trinajstić information content (AvgIpc) is 3.11. The Morgan fingerprint density at radius 1 is 0.844 bits per heavy atom. The van der Waals surface area contributed by atoms with Crippen LogP contribution in [0.1, 0.15) is 49.3 Å². The first kappa shape index (κ1) is 22.3. The molecule has 3 aromatic carbocycles. The lowest BCUT2D eigenvalue weighted by molar-refractivity contribution is -0.275. The fourth-order valence-corrected chi connectivity index (χ4v) is 4.30. The van der Waals surface area contributed by atoms with Crippen LogP contribution in [-0.4, -0.2) is 6.36 Å². The predicted molar refractivity (Wildman–Crippen MR) is 115 cm³/mol. The molecule has 3 aromatic rings. The molecule has 0 bridgehead atoms. The van der Waals surface area contributed by atoms with E-state index in [1.54, 1.807) is 12.1 Å². The summed E-state index contributed by atoms with van der Waals surface area (Å²) in [7, 11) is 0. The van der Waals surface area contributed by atoms with Gasteiger partial charge in [0.15, 0.2) is 11.6 Å². The number of halogens is 5. The number of fused-ring (bicyclic) bond motifs is 3. The van der Waals surface area contributed by atoms with Gasteiger partial charge in [-0.15, -0.1) is 13.2 Å². The fraction of sp³-hybridized carbons (Fsp3) is 0.308. The highest BCUT2D eigenvalue weighted by Gasteiger charge is 2.32. The van der Waals surface area contributed by atoms with Crippen molar-refractivity contribution in [2.45, 2.75) is 51.8 Å². The van der Waals surface area contributed by atoms with Crippen molar-refractivity contribution in [3.63, 3.8) is 0 Å². The normalized spacial score (nSPS) is 12.6. The van der Waals surface area contributed by atoms with E-state index in [0.29, 0.717) is 12.0 Å². The Kier molecular flexibility index (Phi) is 6.22. The van der Waals surface area contributed by atoms with Crippen molar-refractivity contribution < 1.29 is 26.7 Å². The minimum absolute atomic E-state index is 0.147. The number of alkyl halides is 3. The molecule has 0 atom stereocenters. The summed E-state index contributed by atoms with van der Waals surface area (Å²) in [6.07, 6.45) is 1.14. The summed E-state index contributed by atoms with van der Waals surface area (Å²) in [6.45, 7) is 2.18. The van der Waals surface area contributed by atoms with E-state index in [0.717, 1.165) is 41.7 Å². The van der Waals surface area contributed by atoms with E-state index in [-0.39, 0.29) is 11.1 Å². The first-order valence-corrected chi connectivity index (χ1v) is 10.8. The molecule has 1 nitrogen and oxygen atoms in total. The van der Waals surface area contributed by atoms with E-state index >= 15 is 4.39 Å². The van der Waals surface area contributed by atoms with Gasteiger partial charge in [-0.3, -0.25) is 0 Å². The molecule has 0 spiro atoms. The molecule has 168 valence electrons. The van der Waals surface area contributed by atoms with Crippen molar-refractivity contribution in [3.8, 4) is 28.0 Å². The Morgan fingerprint density at radius 3 is 2.31 bits per heavy atom. The lowest BCUT2D eigenvalue weighted by atomic mass is 9.97. The molecule has 0 saturated heterocycles. The van der Waals surface area contributed by atoms with Gasteiger partial charge in [-0.25, -0.2) is 8.78 Å². The summed E-state index contributed by atoms with van der Waals surface area (Å²) in [5.41, 5.74) is 4.91. The summed E-state index contributed by atoms with van der Waals surface area (Å²) in [5, 5.41) is 0. The number of hydrogen-bond donors (Lipinski definition) is 0. The highest BCUT2D eigenvalue weighted by molar-refractivity contribution is 5.81. The monoisotopic (exact) mass is 446 g/mol. The maximum atomic E-state index is 15.4. The van der Waals surface area contributed by atoms with E-state index in [1.807, 2.05) is 6.07 Å². The quantitative estimate of drug-likeness (QED) is 0.205. The summed E-state index contributed by atoms with van der Waals surface area (Å²) in [5.74, 6) is -2.62. The molecular weight excluding hydrogens is 423 g/mol. The molecule has 0 radical (unpaired) electrons. The van der Waals surface area contributed by atoms with Crippen LogP contribution in [0.4, 0.5) is 22.0 Å². The van der Waals surface area contributed by atoms with Gasteiger partial charge in [-0.2, -0.15) is 0 Å². The highest BCUT2D eigenvalue weighted by Crippen LogP contribution is 2.42. The number of hydrogen-bond acceptors (Lipinski definition) is 1. The van der Waals surface area contributed by atoms with E-state index in [2.05, 4.69) is 23.8 Å². The smallest absolute Gasteiger partial charge is 0.403 e. The number of unbranched alkanes of at least 4 members (excludes halogenated alkanes) is 3. The van der Waals surface area contributed by atoms with Crippen molar-refractivity contribution in [1.82, 2.24) is 0 Å². The van der Waals surface area contributed by atoms with Crippen molar-refractivity contribution in [3.05, 3.63) is 76.9 Å². The molecule has 0 aromatic heterocycles. The fourth-order valence-electron chi connectivity index (χ4n) is 4.30. The lowest BCUT2D eigenvalue weighted by Crippen LogP contribution is -2.17. The van der Waals surface area contributed by atoms with Gasteiger partial charge in [0.05, 0.1) is 0 Å². The van der Waals surface area contributed by atoms with Crippen molar-refractivity contribution in [1.29, 1.82) is 0 Å². The summed E-state index contributed by atoms with van der Waals surface area (Å²) >= 11 is 0. The minimum atomic E-state index is -5.00. The van der Waals surface area contributed by atoms with Crippen LogP contribution in [-0.2, 0) is 12.8 Å². The molecule has 0 fully saturated rings. The molecule has 0 amide bonds. The standard InChI is InChI=1S/C26H23F5O/c1-2-3-4-5-6-16-7-9-19-18(13-16)14-22-21(19)11-10-20(25(22)28)17-8-12-24(23(27)15-17)32-26(29,30)31/h7-13,15H,2-6,14H2,1H3. The number of rotatable bonds is 7. The lowest BCUT2D eigenvalue weighted by Gasteiger charge is -2.12. The molecule has 0 N–H and O–H groups in total. The van der Waals surface area contributed by atoms with Crippen molar-refractivity contribution >= 4 is 0 Å². The molecule has 4 rings (SSSR count). The van der Waals surface area contributed by atoms with E-state index in [9.17, 15) is 17.6 Å². The molecule has 32 heavy (non-hydrogen) atoms. The Hall–Kier alpha value is -2.89. The van der Waals surface area contributed by atoms with Crippen LogP contribution in [0.3, 0.4) is 0 Å². The zero-order chi connectivity index (χ0) is 22.9. The Balaban J connectivity index is 1.58. The van der Waals surface area contributed by atoms with Crippen LogP contribution < -0.4 is 4.74 Å². The number of aryl methyl sites for hydroxylation is 1. The van der Waals surface area contributed by atoms with Gasteiger partial charge in [0.2, 0.25) is 0 Å². The predicted octanol–water partition coefficient (Wildman–Crippen LogP) is 8.22. The Bertz CT molecular complexity index is 1130. The molecular formula is C26H23F5O. The van der Waals surface area contributed by atoms with Gasteiger partial charge < -0.3 is 4.74 Å². The van der Waals surface area contributed by atoms with Gasteiger partial charge in [-0.1, -0.05) is 62.6 Å². The van der Waals surface area contributed by atoms with Crippen LogP contribution in [0.25, 0.3) is 22.3 Å². The topological polar surface area (TPSA) is 9.23 Å². The maximum absolute atomic E-state index is 15.4. The van der Waals surface area contributed by atoms with E-state index in [4.69, 9.17) is 0 Å². The van der Waals surface area contributed by atoms with Crippen LogP contribution >= 0.6 is 0 Å². The highest BCUT2D eigenvalue weighted by atomic mass is 19.4. The third-order valence-corrected chi connectivity index (χ3v) is 5.86. The molecule has 0 unspecified atom stereocenters. The van der Waals surface area contributed by atoms with Gasteiger partial charge in [0.1, 0.15) is 5.82 Å². The van der Waals surface area contributed by atoms with Gasteiger partial charge >= 0.3 is 6.36 Å². The van der Waals surface area contributed by atoms with E-state index in [1.165, 1.54) is 30.9 Å². The zero-order valence-corrected chi connectivity index (χ0v) is 17.7. The van der Waals surface area contributed by atoms with Crippen molar-refractivity contribution in [2.75, 3.05) is 0 Å². The van der Waals surface area contributed by atoms with Crippen LogP contribution in [0, 0.1) is 11.6 Å². The molecule has 6 heteroatoms. The van der Waals surface area contributed by atoms with E-state index < -0.39 is 23.7 Å². The maximum Gasteiger partial charge on any atom is 0.573 e. The van der Waals surface area contributed by atoms with Crippen LogP contribution in [0.15, 0.2) is 48.5 Å². The summed E-state index contributed by atoms with van der Waals surface area (Å²) < 4.78 is 70.3. The zero-order valence-electron chi connectivity index (χ0n) is 17.7. The summed E-state index contributed by atoms with van der Waals surface area (Å²) in [4.78, 5) is 0. The Labute approximate surface area is 183 Å². The average molecular weight is 446 g/mol. The second-order valence-electron chi connectivity index (χ2n) is 8.13. The van der Waals surface area contributed by atoms with Gasteiger partial charge in [0.25, 0.3) is 0 Å². The third kappa shape index (κ3) is 4.64. The minimum Gasteiger partial charge on any atom is -0.403 e. The first-order valence-electron chi connectivity index (χ1n) is 10.8. The third-order valence-electron chi connectivity index (χ3n) is 5.86. The molecule has 1 aliphatic carbocycles. The Morgan fingerprint density at radius 2 is 1.59 bits per heavy atom. The SMILES string of the molecule is CCCCCCc1ccc2c(c1)Cc1c-2ccc(-c2ccc(OC(F)(F)F)c(F)c2)c1F. The van der Waals surface area contributed by atoms with Crippen molar-refractivity contribution in [2.24, 2.45) is 0 Å². The largest absolute Gasteiger partial charge is 0.573 e. The number of ether oxygens (including phenoxy) is 1. The van der Waals surface area contributed by atoms with Gasteiger partial charge in [-0.05, 0) is 52.8 Å². The van der Waals surface area contributed by atoms with Crippen LogP contribution in [0.5, 0.6) is 5.75 Å².